The van der Waals surface area contributed by atoms with Crippen LogP contribution in [0.1, 0.15) is 19.3 Å². The Morgan fingerprint density at radius 1 is 1.31 bits per heavy atom. The molecule has 0 atom stereocenters. The van der Waals surface area contributed by atoms with Crippen molar-refractivity contribution in [1.29, 1.82) is 0 Å². The van der Waals surface area contributed by atoms with E-state index in [9.17, 15) is 4.79 Å². The quantitative estimate of drug-likeness (QED) is 0.697. The van der Waals surface area contributed by atoms with Gasteiger partial charge in [-0.15, -0.1) is 11.6 Å². The van der Waals surface area contributed by atoms with Crippen LogP contribution in [-0.2, 0) is 14.3 Å². The van der Waals surface area contributed by atoms with Gasteiger partial charge in [-0.25, -0.2) is 0 Å². The van der Waals surface area contributed by atoms with Crippen LogP contribution in [0, 0.1) is 0 Å². The van der Waals surface area contributed by atoms with E-state index >= 15 is 0 Å². The first-order valence-electron chi connectivity index (χ1n) is 5.86. The van der Waals surface area contributed by atoms with E-state index in [2.05, 4.69) is 0 Å². The van der Waals surface area contributed by atoms with Gasteiger partial charge in [-0.3, -0.25) is 4.79 Å². The smallest absolute Gasteiger partial charge is 0.223 e. The van der Waals surface area contributed by atoms with Gasteiger partial charge in [0, 0.05) is 25.4 Å². The molecule has 1 amide bonds. The number of hydrogen-bond donors (Lipinski definition) is 0. The molecule has 0 aliphatic carbocycles. The average molecular weight is 248 g/mol. The normalized spacial score (nSPS) is 23.2. The lowest BCUT2D eigenvalue weighted by atomic mass is 10.1. The van der Waals surface area contributed by atoms with E-state index in [1.807, 2.05) is 4.90 Å². The van der Waals surface area contributed by atoms with Gasteiger partial charge in [0.15, 0.2) is 0 Å². The minimum Gasteiger partial charge on any atom is -0.376 e. The van der Waals surface area contributed by atoms with Crippen molar-refractivity contribution in [3.63, 3.8) is 0 Å². The molecule has 0 N–H and O–H groups in total. The van der Waals surface area contributed by atoms with Gasteiger partial charge in [0.05, 0.1) is 19.3 Å². The van der Waals surface area contributed by atoms with E-state index in [-0.39, 0.29) is 12.0 Å². The van der Waals surface area contributed by atoms with Gasteiger partial charge in [0.2, 0.25) is 5.91 Å². The first-order chi connectivity index (χ1) is 7.79. The van der Waals surface area contributed by atoms with E-state index in [0.717, 1.165) is 39.1 Å². The zero-order chi connectivity index (χ0) is 11.4. The Kier molecular flexibility index (Phi) is 4.44. The predicted molar refractivity (Wildman–Crippen MR) is 60.6 cm³/mol. The first-order valence-corrected chi connectivity index (χ1v) is 6.40. The summed E-state index contributed by atoms with van der Waals surface area (Å²) in [6.45, 7) is 3.05. The minimum atomic E-state index is 0.167. The molecular formula is C11H18ClNO3. The van der Waals surface area contributed by atoms with Crippen LogP contribution in [0.4, 0.5) is 0 Å². The van der Waals surface area contributed by atoms with Crippen molar-refractivity contribution in [2.45, 2.75) is 31.5 Å². The van der Waals surface area contributed by atoms with Gasteiger partial charge in [-0.05, 0) is 12.8 Å². The Morgan fingerprint density at radius 2 is 2.00 bits per heavy atom. The molecule has 0 aromatic rings. The van der Waals surface area contributed by atoms with Gasteiger partial charge in [0.1, 0.15) is 6.10 Å². The number of halogens is 1. The van der Waals surface area contributed by atoms with E-state index in [1.165, 1.54) is 0 Å². The highest BCUT2D eigenvalue weighted by Crippen LogP contribution is 2.18. The lowest BCUT2D eigenvalue weighted by molar-refractivity contribution is -0.164. The number of rotatable bonds is 4. The van der Waals surface area contributed by atoms with Crippen molar-refractivity contribution < 1.29 is 14.3 Å². The number of hydrogen-bond acceptors (Lipinski definition) is 3. The molecule has 2 heterocycles. The second-order valence-corrected chi connectivity index (χ2v) is 4.69. The molecule has 2 rings (SSSR count). The summed E-state index contributed by atoms with van der Waals surface area (Å²) in [5.41, 5.74) is 0. The zero-order valence-corrected chi connectivity index (χ0v) is 10.1. The molecule has 0 aromatic carbocycles. The highest BCUT2D eigenvalue weighted by molar-refractivity contribution is 6.18. The third kappa shape index (κ3) is 3.09. The summed E-state index contributed by atoms with van der Waals surface area (Å²) in [4.78, 5) is 13.5. The standard InChI is InChI=1S/C11H18ClNO3/c12-4-1-11(14)13-5-2-9(3-6-13)16-10-7-15-8-10/h9-10H,1-8H2. The summed E-state index contributed by atoms with van der Waals surface area (Å²) in [6.07, 6.45) is 2.91. The second kappa shape index (κ2) is 5.84. The first kappa shape index (κ1) is 12.1. The summed E-state index contributed by atoms with van der Waals surface area (Å²) >= 11 is 5.55. The summed E-state index contributed by atoms with van der Waals surface area (Å²) in [7, 11) is 0. The average Bonchev–Trinajstić information content (AvgIpc) is 2.25. The highest BCUT2D eigenvalue weighted by atomic mass is 35.5. The SMILES string of the molecule is O=C(CCCl)N1CCC(OC2COC2)CC1. The largest absolute Gasteiger partial charge is 0.376 e. The number of amides is 1. The minimum absolute atomic E-state index is 0.167. The summed E-state index contributed by atoms with van der Waals surface area (Å²) < 4.78 is 10.9. The van der Waals surface area contributed by atoms with Crippen LogP contribution in [0.5, 0.6) is 0 Å². The van der Waals surface area contributed by atoms with Crippen LogP contribution in [0.25, 0.3) is 0 Å². The molecule has 16 heavy (non-hydrogen) atoms. The molecule has 2 aliphatic heterocycles. The number of carbonyl (C=O) groups excluding carboxylic acids is 1. The number of alkyl halides is 1. The Balaban J connectivity index is 1.67. The topological polar surface area (TPSA) is 38.8 Å². The van der Waals surface area contributed by atoms with Gasteiger partial charge >= 0.3 is 0 Å². The lowest BCUT2D eigenvalue weighted by Crippen LogP contribution is -2.45. The van der Waals surface area contributed by atoms with Crippen LogP contribution < -0.4 is 0 Å². The fourth-order valence-corrected chi connectivity index (χ4v) is 2.21. The maximum absolute atomic E-state index is 11.6. The molecule has 0 bridgehead atoms. The van der Waals surface area contributed by atoms with E-state index < -0.39 is 0 Å². The van der Waals surface area contributed by atoms with Crippen molar-refractivity contribution >= 4 is 17.5 Å². The van der Waals surface area contributed by atoms with Crippen molar-refractivity contribution in [3.05, 3.63) is 0 Å². The fraction of sp³-hybridized carbons (Fsp3) is 0.909. The van der Waals surface area contributed by atoms with Crippen LogP contribution in [0.2, 0.25) is 0 Å². The van der Waals surface area contributed by atoms with Crippen molar-refractivity contribution in [2.24, 2.45) is 0 Å². The van der Waals surface area contributed by atoms with Crippen molar-refractivity contribution in [3.8, 4) is 0 Å². The van der Waals surface area contributed by atoms with Gasteiger partial charge in [0.25, 0.3) is 0 Å². The molecule has 2 saturated heterocycles. The van der Waals surface area contributed by atoms with Crippen LogP contribution in [-0.4, -0.2) is 55.2 Å². The van der Waals surface area contributed by atoms with Crippen LogP contribution in [0.15, 0.2) is 0 Å². The third-order valence-electron chi connectivity index (χ3n) is 3.10. The van der Waals surface area contributed by atoms with E-state index in [4.69, 9.17) is 21.1 Å². The molecule has 0 aromatic heterocycles. The molecular weight excluding hydrogens is 230 g/mol. The molecule has 2 aliphatic rings. The molecule has 4 nitrogen and oxygen atoms in total. The van der Waals surface area contributed by atoms with Crippen molar-refractivity contribution in [1.82, 2.24) is 4.90 Å². The molecule has 0 radical (unpaired) electrons. The van der Waals surface area contributed by atoms with Crippen LogP contribution >= 0.6 is 11.6 Å². The summed E-state index contributed by atoms with van der Waals surface area (Å²) in [6, 6.07) is 0. The molecule has 0 saturated carbocycles. The number of piperidine rings is 1. The monoisotopic (exact) mass is 247 g/mol. The zero-order valence-electron chi connectivity index (χ0n) is 9.36. The maximum atomic E-state index is 11.6. The van der Waals surface area contributed by atoms with Gasteiger partial charge < -0.3 is 14.4 Å². The number of nitrogens with zero attached hydrogens (tertiary/aromatic N) is 1. The summed E-state index contributed by atoms with van der Waals surface area (Å²) in [5, 5.41) is 0. The van der Waals surface area contributed by atoms with Crippen LogP contribution in [0.3, 0.4) is 0 Å². The molecule has 2 fully saturated rings. The molecule has 0 unspecified atom stereocenters. The Labute approximate surface area is 101 Å². The lowest BCUT2D eigenvalue weighted by Gasteiger charge is -2.36. The molecule has 5 heteroatoms. The third-order valence-corrected chi connectivity index (χ3v) is 3.28. The second-order valence-electron chi connectivity index (χ2n) is 4.31. The molecule has 92 valence electrons. The van der Waals surface area contributed by atoms with Crippen molar-refractivity contribution in [2.75, 3.05) is 32.2 Å². The Hall–Kier alpha value is -0.320. The predicted octanol–water partition coefficient (Wildman–Crippen LogP) is 1.02. The number of carbonyl (C=O) groups is 1. The van der Waals surface area contributed by atoms with E-state index in [0.29, 0.717) is 18.4 Å². The summed E-state index contributed by atoms with van der Waals surface area (Å²) in [5.74, 6) is 0.578. The van der Waals surface area contributed by atoms with Gasteiger partial charge in [-0.2, -0.15) is 0 Å². The fourth-order valence-electron chi connectivity index (χ4n) is 2.05. The number of ether oxygens (including phenoxy) is 2. The maximum Gasteiger partial charge on any atom is 0.223 e. The Morgan fingerprint density at radius 3 is 2.50 bits per heavy atom. The molecule has 0 spiro atoms. The van der Waals surface area contributed by atoms with E-state index in [1.54, 1.807) is 0 Å². The number of likely N-dealkylation sites (tertiary alicyclic amines) is 1. The Bertz CT molecular complexity index is 237. The van der Waals surface area contributed by atoms with Gasteiger partial charge in [-0.1, -0.05) is 0 Å². The highest BCUT2D eigenvalue weighted by Gasteiger charge is 2.27.